The van der Waals surface area contributed by atoms with Crippen molar-refractivity contribution in [3.05, 3.63) is 58.6 Å². The van der Waals surface area contributed by atoms with E-state index in [0.29, 0.717) is 18.0 Å². The van der Waals surface area contributed by atoms with Gasteiger partial charge in [-0.2, -0.15) is 0 Å². The molecule has 1 N–H and O–H groups in total. The number of hydrogen-bond acceptors (Lipinski definition) is 5. The van der Waals surface area contributed by atoms with Crippen molar-refractivity contribution >= 4 is 17.3 Å². The van der Waals surface area contributed by atoms with Crippen molar-refractivity contribution in [1.29, 1.82) is 0 Å². The Hall–Kier alpha value is -2.24. The molecule has 5 nitrogen and oxygen atoms in total. The average Bonchev–Trinajstić information content (AvgIpc) is 3.10. The topological polar surface area (TPSA) is 52.1 Å². The van der Waals surface area contributed by atoms with Crippen LogP contribution in [-0.2, 0) is 11.4 Å². The molecule has 1 heterocycles. The first-order valence-electron chi connectivity index (χ1n) is 8.10. The Morgan fingerprint density at radius 2 is 2.00 bits per heavy atom. The van der Waals surface area contributed by atoms with Crippen molar-refractivity contribution in [3.8, 4) is 11.5 Å². The van der Waals surface area contributed by atoms with E-state index in [2.05, 4.69) is 10.5 Å². The Bertz CT molecular complexity index is 764. The van der Waals surface area contributed by atoms with E-state index in [-0.39, 0.29) is 6.10 Å². The van der Waals surface area contributed by atoms with Gasteiger partial charge in [0.05, 0.1) is 19.9 Å². The molecule has 1 atom stereocenters. The van der Waals surface area contributed by atoms with Crippen molar-refractivity contribution in [2.45, 2.75) is 19.1 Å². The fourth-order valence-electron chi connectivity index (χ4n) is 2.75. The molecule has 0 saturated carbocycles. The Kier molecular flexibility index (Phi) is 5.79. The summed E-state index contributed by atoms with van der Waals surface area (Å²) in [5, 5.41) is 8.35. The molecule has 3 rings (SSSR count). The van der Waals surface area contributed by atoms with Gasteiger partial charge in [0.2, 0.25) is 0 Å². The second-order valence-corrected chi connectivity index (χ2v) is 6.24. The maximum absolute atomic E-state index is 5.99. The van der Waals surface area contributed by atoms with Crippen molar-refractivity contribution in [2.24, 2.45) is 5.16 Å². The summed E-state index contributed by atoms with van der Waals surface area (Å²) in [5.41, 5.74) is 3.04. The van der Waals surface area contributed by atoms with Crippen molar-refractivity contribution < 1.29 is 14.3 Å². The van der Waals surface area contributed by atoms with Gasteiger partial charge in [0.1, 0.15) is 6.10 Å². The number of halogens is 1. The van der Waals surface area contributed by atoms with E-state index in [1.54, 1.807) is 14.2 Å². The fourth-order valence-corrected chi connectivity index (χ4v) is 2.96. The van der Waals surface area contributed by atoms with E-state index < -0.39 is 0 Å². The Labute approximate surface area is 152 Å². The van der Waals surface area contributed by atoms with Crippen molar-refractivity contribution in [2.75, 3.05) is 20.8 Å². The van der Waals surface area contributed by atoms with Gasteiger partial charge in [-0.1, -0.05) is 28.9 Å². The summed E-state index contributed by atoms with van der Waals surface area (Å²) in [5.74, 6) is 1.38. The molecule has 0 aromatic heterocycles. The van der Waals surface area contributed by atoms with Crippen molar-refractivity contribution in [3.63, 3.8) is 0 Å². The SMILES string of the molecule is COc1ccc(C2=NOC(CNCc3cccc(Cl)c3)C2)cc1OC. The van der Waals surface area contributed by atoms with Crippen LogP contribution < -0.4 is 14.8 Å². The predicted octanol–water partition coefficient (Wildman–Crippen LogP) is 3.64. The molecule has 1 unspecified atom stereocenters. The zero-order valence-corrected chi connectivity index (χ0v) is 15.0. The van der Waals surface area contributed by atoms with Crippen LogP contribution in [0.1, 0.15) is 17.5 Å². The zero-order valence-electron chi connectivity index (χ0n) is 14.3. The zero-order chi connectivity index (χ0) is 17.6. The summed E-state index contributed by atoms with van der Waals surface area (Å²) in [6.45, 7) is 1.46. The van der Waals surface area contributed by atoms with Gasteiger partial charge in [0, 0.05) is 30.1 Å². The van der Waals surface area contributed by atoms with Gasteiger partial charge in [0.25, 0.3) is 0 Å². The third kappa shape index (κ3) is 4.44. The molecule has 0 radical (unpaired) electrons. The molecule has 1 aliphatic heterocycles. The number of oxime groups is 1. The molecule has 2 aromatic carbocycles. The van der Waals surface area contributed by atoms with E-state index in [1.807, 2.05) is 42.5 Å². The molecule has 0 saturated heterocycles. The normalized spacial score (nSPS) is 16.3. The van der Waals surface area contributed by atoms with Gasteiger partial charge in [-0.15, -0.1) is 0 Å². The molecule has 0 fully saturated rings. The van der Waals surface area contributed by atoms with Crippen LogP contribution in [0.2, 0.25) is 5.02 Å². The predicted molar refractivity (Wildman–Crippen MR) is 98.7 cm³/mol. The summed E-state index contributed by atoms with van der Waals surface area (Å²) in [6.07, 6.45) is 0.764. The quantitative estimate of drug-likeness (QED) is 0.819. The molecule has 0 aliphatic carbocycles. The Morgan fingerprint density at radius 1 is 1.16 bits per heavy atom. The lowest BCUT2D eigenvalue weighted by molar-refractivity contribution is 0.0848. The van der Waals surface area contributed by atoms with E-state index in [9.17, 15) is 0 Å². The van der Waals surface area contributed by atoms with Crippen LogP contribution in [0.3, 0.4) is 0 Å². The van der Waals surface area contributed by atoms with Crippen LogP contribution in [0.25, 0.3) is 0 Å². The highest BCUT2D eigenvalue weighted by Gasteiger charge is 2.22. The van der Waals surface area contributed by atoms with E-state index in [0.717, 1.165) is 34.8 Å². The maximum Gasteiger partial charge on any atom is 0.161 e. The van der Waals surface area contributed by atoms with Gasteiger partial charge >= 0.3 is 0 Å². The molecule has 25 heavy (non-hydrogen) atoms. The number of nitrogens with one attached hydrogen (secondary N) is 1. The second kappa shape index (κ2) is 8.23. The Morgan fingerprint density at radius 3 is 2.76 bits per heavy atom. The van der Waals surface area contributed by atoms with Crippen LogP contribution in [0.4, 0.5) is 0 Å². The summed E-state index contributed by atoms with van der Waals surface area (Å²) in [4.78, 5) is 5.54. The number of ether oxygens (including phenoxy) is 2. The number of methoxy groups -OCH3 is 2. The summed E-state index contributed by atoms with van der Waals surface area (Å²) >= 11 is 5.99. The molecule has 2 aromatic rings. The van der Waals surface area contributed by atoms with Crippen molar-refractivity contribution in [1.82, 2.24) is 5.32 Å². The van der Waals surface area contributed by atoms with Gasteiger partial charge < -0.3 is 19.6 Å². The lowest BCUT2D eigenvalue weighted by atomic mass is 10.0. The highest BCUT2D eigenvalue weighted by Crippen LogP contribution is 2.29. The van der Waals surface area contributed by atoms with Crippen LogP contribution in [0.5, 0.6) is 11.5 Å². The molecule has 132 valence electrons. The highest BCUT2D eigenvalue weighted by molar-refractivity contribution is 6.30. The number of nitrogens with zero attached hydrogens (tertiary/aromatic N) is 1. The molecular weight excluding hydrogens is 340 g/mol. The van der Waals surface area contributed by atoms with Gasteiger partial charge in [0.15, 0.2) is 11.5 Å². The standard InChI is InChI=1S/C19H21ClN2O3/c1-23-18-7-6-14(9-19(18)24-2)17-10-16(25-22-17)12-21-11-13-4-3-5-15(20)8-13/h3-9,16,21H,10-12H2,1-2H3. The van der Waals surface area contributed by atoms with Gasteiger partial charge in [-0.05, 0) is 35.9 Å². The fraction of sp³-hybridized carbons (Fsp3) is 0.316. The molecular formula is C19H21ClN2O3. The third-order valence-corrected chi connectivity index (χ3v) is 4.28. The number of hydrogen-bond donors (Lipinski definition) is 1. The third-order valence-electron chi connectivity index (χ3n) is 4.04. The van der Waals surface area contributed by atoms with Crippen LogP contribution in [-0.4, -0.2) is 32.6 Å². The molecule has 1 aliphatic rings. The van der Waals surface area contributed by atoms with Crippen LogP contribution in [0, 0.1) is 0 Å². The van der Waals surface area contributed by atoms with Gasteiger partial charge in [-0.25, -0.2) is 0 Å². The number of rotatable bonds is 7. The molecule has 0 spiro atoms. The molecule has 0 amide bonds. The smallest absolute Gasteiger partial charge is 0.161 e. The van der Waals surface area contributed by atoms with E-state index >= 15 is 0 Å². The van der Waals surface area contributed by atoms with Crippen LogP contribution >= 0.6 is 11.6 Å². The Balaban J connectivity index is 1.53. The number of benzene rings is 2. The summed E-state index contributed by atoms with van der Waals surface area (Å²) in [6, 6.07) is 13.6. The lowest BCUT2D eigenvalue weighted by Gasteiger charge is -2.10. The monoisotopic (exact) mass is 360 g/mol. The average molecular weight is 361 g/mol. The first-order valence-corrected chi connectivity index (χ1v) is 8.47. The maximum atomic E-state index is 5.99. The van der Waals surface area contributed by atoms with Crippen LogP contribution in [0.15, 0.2) is 47.6 Å². The largest absolute Gasteiger partial charge is 0.493 e. The molecule has 6 heteroatoms. The molecule has 0 bridgehead atoms. The second-order valence-electron chi connectivity index (χ2n) is 5.80. The minimum Gasteiger partial charge on any atom is -0.493 e. The first-order chi connectivity index (χ1) is 12.2. The lowest BCUT2D eigenvalue weighted by Crippen LogP contribution is -2.26. The van der Waals surface area contributed by atoms with E-state index in [4.69, 9.17) is 25.9 Å². The van der Waals surface area contributed by atoms with Gasteiger partial charge in [-0.3, -0.25) is 0 Å². The summed E-state index contributed by atoms with van der Waals surface area (Å²) in [7, 11) is 3.24. The van der Waals surface area contributed by atoms with E-state index in [1.165, 1.54) is 0 Å². The highest BCUT2D eigenvalue weighted by atomic mass is 35.5. The minimum atomic E-state index is 0.0160. The minimum absolute atomic E-state index is 0.0160. The first kappa shape index (κ1) is 17.6. The summed E-state index contributed by atoms with van der Waals surface area (Å²) < 4.78 is 10.6.